The van der Waals surface area contributed by atoms with E-state index >= 15 is 0 Å². The molecular weight excluding hydrogens is 674 g/mol. The maximum Gasteiger partial charge on any atom is 0.356 e. The van der Waals surface area contributed by atoms with Crippen LogP contribution >= 0.6 is 11.6 Å². The fourth-order valence-electron chi connectivity index (χ4n) is 5.58. The predicted molar refractivity (Wildman–Crippen MR) is 191 cm³/mol. The molecule has 51 heavy (non-hydrogen) atoms. The number of hydrogen-bond donors (Lipinski definition) is 3. The quantitative estimate of drug-likeness (QED) is 0.179. The van der Waals surface area contributed by atoms with Crippen molar-refractivity contribution in [2.24, 2.45) is 5.73 Å². The van der Waals surface area contributed by atoms with Crippen molar-refractivity contribution >= 4 is 46.7 Å². The van der Waals surface area contributed by atoms with Crippen LogP contribution in [0, 0.1) is 6.92 Å². The molecule has 2 amide bonds. The first kappa shape index (κ1) is 36.6. The van der Waals surface area contributed by atoms with Crippen molar-refractivity contribution in [3.8, 4) is 0 Å². The molecule has 2 aromatic carbocycles. The van der Waals surface area contributed by atoms with Crippen LogP contribution in [0.15, 0.2) is 73.2 Å². The smallest absolute Gasteiger partial charge is 0.356 e. The van der Waals surface area contributed by atoms with E-state index in [0.717, 1.165) is 22.3 Å². The molecular formula is C37H38ClN7O6. The number of para-hydroxylation sites is 1. The first-order chi connectivity index (χ1) is 24.3. The fraction of sp³-hybridized carbons (Fsp3) is 0.270. The zero-order valence-electron chi connectivity index (χ0n) is 28.8. The summed E-state index contributed by atoms with van der Waals surface area (Å²) < 4.78 is 11.6. The van der Waals surface area contributed by atoms with Gasteiger partial charge in [0.25, 0.3) is 11.8 Å². The first-order valence-corrected chi connectivity index (χ1v) is 16.5. The van der Waals surface area contributed by atoms with Gasteiger partial charge < -0.3 is 25.8 Å². The summed E-state index contributed by atoms with van der Waals surface area (Å²) in [7, 11) is 1.19. The number of amides is 2. The van der Waals surface area contributed by atoms with Crippen molar-refractivity contribution in [3.05, 3.63) is 123 Å². The summed E-state index contributed by atoms with van der Waals surface area (Å²) in [6, 6.07) is 15.0. The molecule has 6 rings (SSSR count). The normalized spacial score (nSPS) is 13.4. The number of carbonyl (C=O) groups excluding carboxylic acids is 4. The van der Waals surface area contributed by atoms with Gasteiger partial charge in [-0.3, -0.25) is 14.6 Å². The van der Waals surface area contributed by atoms with Crippen LogP contribution in [0.3, 0.4) is 0 Å². The summed E-state index contributed by atoms with van der Waals surface area (Å²) in [5.74, 6) is -2.30. The maximum atomic E-state index is 13.7. The van der Waals surface area contributed by atoms with Crippen molar-refractivity contribution in [2.45, 2.75) is 58.7 Å². The summed E-state index contributed by atoms with van der Waals surface area (Å²) in [5.41, 5.74) is 9.12. The number of nitrogens with zero attached hydrogens (tertiary/aromatic N) is 4. The highest BCUT2D eigenvalue weighted by molar-refractivity contribution is 6.34. The lowest BCUT2D eigenvalue weighted by atomic mass is 9.97. The van der Waals surface area contributed by atoms with Gasteiger partial charge in [0.1, 0.15) is 16.9 Å². The van der Waals surface area contributed by atoms with Crippen molar-refractivity contribution in [3.63, 3.8) is 0 Å². The van der Waals surface area contributed by atoms with Crippen molar-refractivity contribution in [2.75, 3.05) is 12.4 Å². The lowest BCUT2D eigenvalue weighted by Gasteiger charge is -2.21. The highest BCUT2D eigenvalue weighted by Crippen LogP contribution is 2.35. The van der Waals surface area contributed by atoms with Crippen LogP contribution in [0.2, 0.25) is 5.02 Å². The topological polar surface area (TPSA) is 180 Å². The van der Waals surface area contributed by atoms with Gasteiger partial charge in [-0.05, 0) is 87.1 Å². The number of halogens is 1. The number of benzene rings is 2. The van der Waals surface area contributed by atoms with E-state index in [1.54, 1.807) is 42.7 Å². The Balaban J connectivity index is 0.000000556. The number of aromatic nitrogens is 4. The first-order valence-electron chi connectivity index (χ1n) is 16.1. The maximum absolute atomic E-state index is 13.7. The SMILES string of the molecule is COC(=O)c1cc(C(=O)N[C@H]2CCc3c2ccc(C(=O)OC(C)(C)C)c3C)n2ncc(C(=O)Nc3ccccc3Cl)c2n1.NCc1cccnc1. The number of pyridine rings is 1. The van der Waals surface area contributed by atoms with E-state index in [1.807, 2.05) is 45.9 Å². The molecule has 0 fully saturated rings. The Morgan fingerprint density at radius 1 is 1.00 bits per heavy atom. The molecule has 3 aromatic heterocycles. The van der Waals surface area contributed by atoms with Gasteiger partial charge in [-0.2, -0.15) is 5.10 Å². The van der Waals surface area contributed by atoms with Crippen LogP contribution < -0.4 is 16.4 Å². The number of nitrogens with one attached hydrogen (secondary N) is 2. The van der Waals surface area contributed by atoms with E-state index < -0.39 is 29.4 Å². The second-order valence-electron chi connectivity index (χ2n) is 12.7. The minimum atomic E-state index is -0.785. The van der Waals surface area contributed by atoms with E-state index in [4.69, 9.17) is 26.8 Å². The van der Waals surface area contributed by atoms with Gasteiger partial charge in [-0.25, -0.2) is 19.1 Å². The number of fused-ring (bicyclic) bond motifs is 2. The number of rotatable bonds is 7. The number of anilines is 1. The van der Waals surface area contributed by atoms with Crippen LogP contribution in [0.25, 0.3) is 5.65 Å². The zero-order chi connectivity index (χ0) is 36.9. The third kappa shape index (κ3) is 8.39. The number of nitrogens with two attached hydrogens (primary N) is 1. The van der Waals surface area contributed by atoms with Gasteiger partial charge in [0.05, 0.1) is 35.6 Å². The highest BCUT2D eigenvalue weighted by Gasteiger charge is 2.31. The molecule has 14 heteroatoms. The average Bonchev–Trinajstić information content (AvgIpc) is 3.73. The van der Waals surface area contributed by atoms with Crippen molar-refractivity contribution < 1.29 is 28.7 Å². The van der Waals surface area contributed by atoms with Crippen LogP contribution in [0.5, 0.6) is 0 Å². The van der Waals surface area contributed by atoms with E-state index in [0.29, 0.717) is 35.7 Å². The number of carbonyl (C=O) groups is 4. The van der Waals surface area contributed by atoms with Crippen LogP contribution in [0.1, 0.15) is 97.2 Å². The molecule has 1 aliphatic carbocycles. The van der Waals surface area contributed by atoms with Gasteiger partial charge in [-0.1, -0.05) is 35.9 Å². The van der Waals surface area contributed by atoms with Crippen LogP contribution in [0.4, 0.5) is 5.69 Å². The lowest BCUT2D eigenvalue weighted by molar-refractivity contribution is 0.00681. The fourth-order valence-corrected chi connectivity index (χ4v) is 5.76. The largest absolute Gasteiger partial charge is 0.464 e. The van der Waals surface area contributed by atoms with Gasteiger partial charge >= 0.3 is 11.9 Å². The van der Waals surface area contributed by atoms with Crippen molar-refractivity contribution in [1.82, 2.24) is 24.9 Å². The summed E-state index contributed by atoms with van der Waals surface area (Å²) in [4.78, 5) is 60.2. The Morgan fingerprint density at radius 3 is 2.41 bits per heavy atom. The van der Waals surface area contributed by atoms with E-state index in [2.05, 4.69) is 25.7 Å². The van der Waals surface area contributed by atoms with Crippen LogP contribution in [-0.4, -0.2) is 56.0 Å². The standard InChI is InChI=1S/C31H30ClN5O6.C6H8N2/c1-16-17-12-13-22(19(17)11-10-18(16)29(40)43-31(2,3)4)35-28(39)25-14-24(30(41)42-5)34-26-20(15-33-37(25)26)27(38)36-23-9-7-6-8-21(23)32;7-4-6-2-1-3-8-5-6/h6-11,14-15,22H,12-13H2,1-5H3,(H,35,39)(H,36,38);1-3,5H,4,7H2/t22-;/m0./s1. The molecule has 3 heterocycles. The van der Waals surface area contributed by atoms with Crippen molar-refractivity contribution in [1.29, 1.82) is 0 Å². The van der Waals surface area contributed by atoms with Gasteiger partial charge in [0.2, 0.25) is 0 Å². The molecule has 0 radical (unpaired) electrons. The molecule has 5 aromatic rings. The molecule has 13 nitrogen and oxygen atoms in total. The lowest BCUT2D eigenvalue weighted by Crippen LogP contribution is -2.30. The summed E-state index contributed by atoms with van der Waals surface area (Å²) in [6.45, 7) is 7.89. The number of esters is 2. The molecule has 0 bridgehead atoms. The second-order valence-corrected chi connectivity index (χ2v) is 13.1. The van der Waals surface area contributed by atoms with E-state index in [1.165, 1.54) is 23.9 Å². The minimum Gasteiger partial charge on any atom is -0.464 e. The molecule has 0 aliphatic heterocycles. The molecule has 264 valence electrons. The summed E-state index contributed by atoms with van der Waals surface area (Å²) in [6.07, 6.45) is 6.01. The van der Waals surface area contributed by atoms with E-state index in [9.17, 15) is 19.2 Å². The monoisotopic (exact) mass is 711 g/mol. The molecule has 1 aliphatic rings. The Labute approximate surface area is 299 Å². The average molecular weight is 712 g/mol. The molecule has 0 saturated heterocycles. The zero-order valence-corrected chi connectivity index (χ0v) is 29.6. The molecule has 0 spiro atoms. The van der Waals surface area contributed by atoms with Gasteiger partial charge in [-0.15, -0.1) is 0 Å². The number of methoxy groups -OCH3 is 1. The van der Waals surface area contributed by atoms with E-state index in [-0.39, 0.29) is 28.6 Å². The molecule has 1 atom stereocenters. The third-order valence-electron chi connectivity index (χ3n) is 8.04. The second kappa shape index (κ2) is 15.5. The third-order valence-corrected chi connectivity index (χ3v) is 8.37. The Kier molecular flexibility index (Phi) is 11.1. The summed E-state index contributed by atoms with van der Waals surface area (Å²) in [5, 5.41) is 10.3. The Hall–Kier alpha value is -5.66. The highest BCUT2D eigenvalue weighted by atomic mass is 35.5. The number of hydrogen-bond acceptors (Lipinski definition) is 10. The molecule has 0 saturated carbocycles. The number of ether oxygens (including phenoxy) is 2. The van der Waals surface area contributed by atoms with Gasteiger partial charge in [0, 0.05) is 25.0 Å². The predicted octanol–water partition coefficient (Wildman–Crippen LogP) is 5.64. The summed E-state index contributed by atoms with van der Waals surface area (Å²) >= 11 is 6.19. The minimum absolute atomic E-state index is 0.0118. The molecule has 0 unspecified atom stereocenters. The van der Waals surface area contributed by atoms with Gasteiger partial charge in [0.15, 0.2) is 11.3 Å². The molecule has 4 N–H and O–H groups in total. The Bertz CT molecular complexity index is 2110. The van der Waals surface area contributed by atoms with Crippen LogP contribution in [-0.2, 0) is 22.4 Å². The Morgan fingerprint density at radius 2 is 1.76 bits per heavy atom.